The fraction of sp³-hybridized carbons (Fsp3) is 0.429. The van der Waals surface area contributed by atoms with Gasteiger partial charge in [0.05, 0.1) is 30.1 Å². The molecule has 0 bridgehead atoms. The zero-order valence-electron chi connectivity index (χ0n) is 32.7. The van der Waals surface area contributed by atoms with E-state index in [1.165, 1.54) is 11.0 Å². The van der Waals surface area contributed by atoms with Crippen LogP contribution in [0.4, 0.5) is 4.79 Å². The van der Waals surface area contributed by atoms with Crippen molar-refractivity contribution in [1.29, 1.82) is 0 Å². The first-order valence-corrected chi connectivity index (χ1v) is 21.3. The molecule has 0 unspecified atom stereocenters. The van der Waals surface area contributed by atoms with Crippen molar-refractivity contribution in [3.63, 3.8) is 0 Å². The summed E-state index contributed by atoms with van der Waals surface area (Å²) in [5, 5.41) is 7.86. The van der Waals surface area contributed by atoms with Gasteiger partial charge >= 0.3 is 6.09 Å². The number of methoxy groups -OCH3 is 1. The number of sulfonamides is 1. The van der Waals surface area contributed by atoms with E-state index in [1.54, 1.807) is 31.4 Å². The highest BCUT2D eigenvalue weighted by Crippen LogP contribution is 2.45. The number of nitrogens with zero attached hydrogens (tertiary/aromatic N) is 2. The number of alkyl carbamates (subject to hydrolysis) is 1. The minimum atomic E-state index is -3.95. The Morgan fingerprint density at radius 1 is 1.00 bits per heavy atom. The standard InChI is InChI=1S/C42H48N6O10S/c1-4-26-22-42(26,40(52)47-59(54,55)30-16-17-30)46-38(50)35-20-29(24-48(35)39(51)34(23-43-37(49)5-2)45-41(53)58-27-13-9-10-14-27)57-36-21-32(25-11-7-6-8-12-25)44-33-19-28(56-3)15-18-31(33)36/h4-8,11-12,15,18-19,21,26-27,29-30,34-35H,1-2,9-10,13-14,16-17,20,22-24H2,3H3,(H,43,49)(H,45,53)(H,46,50)(H,47,52)/t26-,29-,34+,35+,42-/m1/s1. The van der Waals surface area contributed by atoms with Crippen LogP contribution in [0.15, 0.2) is 79.9 Å². The molecule has 7 rings (SSSR count). The molecule has 2 heterocycles. The molecule has 16 nitrogen and oxygen atoms in total. The highest BCUT2D eigenvalue weighted by Gasteiger charge is 2.62. The molecule has 3 aliphatic carbocycles. The molecule has 5 amide bonds. The number of nitrogens with one attached hydrogen (secondary N) is 4. The van der Waals surface area contributed by atoms with Gasteiger partial charge in [0, 0.05) is 42.0 Å². The van der Waals surface area contributed by atoms with Gasteiger partial charge in [0.2, 0.25) is 27.7 Å². The Labute approximate surface area is 342 Å². The molecule has 1 aromatic heterocycles. The molecule has 0 spiro atoms. The van der Waals surface area contributed by atoms with Crippen LogP contribution in [-0.4, -0.2) is 103 Å². The van der Waals surface area contributed by atoms with Crippen molar-refractivity contribution in [2.45, 2.75) is 86.4 Å². The van der Waals surface area contributed by atoms with Crippen LogP contribution in [0.25, 0.3) is 22.2 Å². The van der Waals surface area contributed by atoms with Crippen LogP contribution in [0.3, 0.4) is 0 Å². The van der Waals surface area contributed by atoms with Gasteiger partial charge in [-0.05, 0) is 63.2 Å². The van der Waals surface area contributed by atoms with Crippen LogP contribution in [0.1, 0.15) is 51.4 Å². The summed E-state index contributed by atoms with van der Waals surface area (Å²) in [6, 6.07) is 13.9. The Morgan fingerprint density at radius 2 is 1.75 bits per heavy atom. The van der Waals surface area contributed by atoms with Gasteiger partial charge < -0.3 is 35.1 Å². The summed E-state index contributed by atoms with van der Waals surface area (Å²) >= 11 is 0. The van der Waals surface area contributed by atoms with Crippen molar-refractivity contribution in [3.8, 4) is 22.8 Å². The number of carbonyl (C=O) groups is 5. The number of fused-ring (bicyclic) bond motifs is 1. The van der Waals surface area contributed by atoms with Gasteiger partial charge in [-0.2, -0.15) is 0 Å². The number of benzene rings is 2. The average molecular weight is 829 g/mol. The predicted octanol–water partition coefficient (Wildman–Crippen LogP) is 3.27. The number of likely N-dealkylation sites (tertiary alicyclic amines) is 1. The van der Waals surface area contributed by atoms with E-state index in [1.807, 2.05) is 30.3 Å². The van der Waals surface area contributed by atoms with E-state index < -0.39 is 74.6 Å². The Balaban J connectivity index is 1.20. The van der Waals surface area contributed by atoms with E-state index >= 15 is 0 Å². The maximum atomic E-state index is 14.6. The number of rotatable bonds is 16. The normalized spacial score (nSPS) is 23.1. The van der Waals surface area contributed by atoms with Crippen LogP contribution in [0.2, 0.25) is 0 Å². The molecular weight excluding hydrogens is 781 g/mol. The molecule has 17 heteroatoms. The van der Waals surface area contributed by atoms with Gasteiger partial charge in [0.15, 0.2) is 0 Å². The summed E-state index contributed by atoms with van der Waals surface area (Å²) in [6.07, 6.45) is 4.53. The third-order valence-electron chi connectivity index (χ3n) is 11.3. The lowest BCUT2D eigenvalue weighted by Gasteiger charge is -2.30. The van der Waals surface area contributed by atoms with Crippen molar-refractivity contribution in [2.24, 2.45) is 5.92 Å². The quantitative estimate of drug-likeness (QED) is 0.122. The molecule has 1 saturated heterocycles. The van der Waals surface area contributed by atoms with Crippen molar-refractivity contribution in [1.82, 2.24) is 30.6 Å². The molecule has 4 N–H and O–H groups in total. The minimum absolute atomic E-state index is 0.0622. The predicted molar refractivity (Wildman–Crippen MR) is 216 cm³/mol. The monoisotopic (exact) mass is 828 g/mol. The molecule has 4 aliphatic rings. The van der Waals surface area contributed by atoms with E-state index in [0.717, 1.165) is 24.5 Å². The van der Waals surface area contributed by atoms with E-state index in [9.17, 15) is 32.4 Å². The van der Waals surface area contributed by atoms with Gasteiger partial charge in [0.25, 0.3) is 5.91 Å². The SMILES string of the molecule is C=CC(=O)NC[C@H](NC(=O)OC1CCCC1)C(=O)N1C[C@H](Oc2cc(-c3ccccc3)nc3cc(OC)ccc23)C[C@H]1C(=O)N[C@]1(C(=O)NS(=O)(=O)C2CC2)C[C@H]1C=C. The molecule has 1 aliphatic heterocycles. The first kappa shape index (κ1) is 41.2. The van der Waals surface area contributed by atoms with Gasteiger partial charge in [0.1, 0.15) is 41.3 Å². The average Bonchev–Trinajstić information content (AvgIpc) is 4.12. The minimum Gasteiger partial charge on any atom is -0.497 e. The van der Waals surface area contributed by atoms with E-state index in [0.29, 0.717) is 53.8 Å². The smallest absolute Gasteiger partial charge is 0.408 e. The number of carbonyl (C=O) groups excluding carboxylic acids is 5. The number of amides is 5. The molecule has 3 aromatic rings. The maximum Gasteiger partial charge on any atom is 0.408 e. The fourth-order valence-corrected chi connectivity index (χ4v) is 9.10. The van der Waals surface area contributed by atoms with Gasteiger partial charge in [-0.1, -0.05) is 43.0 Å². The van der Waals surface area contributed by atoms with Crippen molar-refractivity contribution in [3.05, 3.63) is 79.9 Å². The van der Waals surface area contributed by atoms with Crippen LogP contribution in [-0.2, 0) is 33.9 Å². The van der Waals surface area contributed by atoms with E-state index in [2.05, 4.69) is 33.8 Å². The molecule has 2 aromatic carbocycles. The maximum absolute atomic E-state index is 14.6. The number of hydrogen-bond donors (Lipinski definition) is 4. The van der Waals surface area contributed by atoms with Gasteiger partial charge in [-0.3, -0.25) is 23.9 Å². The van der Waals surface area contributed by atoms with E-state index in [4.69, 9.17) is 19.2 Å². The molecule has 59 heavy (non-hydrogen) atoms. The summed E-state index contributed by atoms with van der Waals surface area (Å²) in [6.45, 7) is 6.72. The lowest BCUT2D eigenvalue weighted by Crippen LogP contribution is -2.59. The first-order chi connectivity index (χ1) is 28.3. The van der Waals surface area contributed by atoms with Crippen LogP contribution in [0.5, 0.6) is 11.5 Å². The lowest BCUT2D eigenvalue weighted by atomic mass is 10.1. The third-order valence-corrected chi connectivity index (χ3v) is 13.1. The van der Waals surface area contributed by atoms with Crippen LogP contribution in [0, 0.1) is 5.92 Å². The number of aromatic nitrogens is 1. The molecule has 4 fully saturated rings. The Hall–Kier alpha value is -5.97. The number of pyridine rings is 1. The molecule has 312 valence electrons. The molecule has 0 radical (unpaired) electrons. The second kappa shape index (κ2) is 17.1. The summed E-state index contributed by atoms with van der Waals surface area (Å²) in [5.41, 5.74) is 0.362. The topological polar surface area (TPSA) is 211 Å². The Bertz CT molecular complexity index is 2260. The highest BCUT2D eigenvalue weighted by atomic mass is 32.2. The Morgan fingerprint density at radius 3 is 2.41 bits per heavy atom. The number of hydrogen-bond acceptors (Lipinski definition) is 11. The first-order valence-electron chi connectivity index (χ1n) is 19.7. The van der Waals surface area contributed by atoms with Crippen molar-refractivity contribution in [2.75, 3.05) is 20.2 Å². The fourth-order valence-electron chi connectivity index (χ4n) is 7.74. The van der Waals surface area contributed by atoms with E-state index in [-0.39, 0.29) is 32.0 Å². The highest BCUT2D eigenvalue weighted by molar-refractivity contribution is 7.91. The summed E-state index contributed by atoms with van der Waals surface area (Å²) < 4.78 is 45.4. The Kier molecular flexibility index (Phi) is 11.9. The zero-order valence-corrected chi connectivity index (χ0v) is 33.5. The van der Waals surface area contributed by atoms with Gasteiger partial charge in [-0.15, -0.1) is 6.58 Å². The molecule has 3 saturated carbocycles. The zero-order chi connectivity index (χ0) is 41.9. The largest absolute Gasteiger partial charge is 0.497 e. The van der Waals surface area contributed by atoms with Crippen molar-refractivity contribution < 1.29 is 46.6 Å². The molecule has 5 atom stereocenters. The summed E-state index contributed by atoms with van der Waals surface area (Å²) in [4.78, 5) is 74.2. The lowest BCUT2D eigenvalue weighted by molar-refractivity contribution is -0.141. The second-order valence-electron chi connectivity index (χ2n) is 15.4. The summed E-state index contributed by atoms with van der Waals surface area (Å²) in [5.74, 6) is -2.56. The van der Waals surface area contributed by atoms with Crippen molar-refractivity contribution >= 4 is 50.6 Å². The summed E-state index contributed by atoms with van der Waals surface area (Å²) in [7, 11) is -2.40. The van der Waals surface area contributed by atoms with Crippen LogP contribution < -0.4 is 30.1 Å². The second-order valence-corrected chi connectivity index (χ2v) is 17.3. The van der Waals surface area contributed by atoms with Crippen LogP contribution >= 0.6 is 0 Å². The van der Waals surface area contributed by atoms with Gasteiger partial charge in [-0.25, -0.2) is 18.2 Å². The number of ether oxygens (including phenoxy) is 3. The molecular formula is C42H48N6O10S. The third kappa shape index (κ3) is 9.19.